The van der Waals surface area contributed by atoms with Crippen molar-refractivity contribution in [3.05, 3.63) is 96.1 Å². The standard InChI is InChI=1S/C25H22N2O5/c1-30-25(29)18-10-13-21(26-15-18)23-16-27-24(32-23)22(28)14-9-17-7-11-20(12-8-17)31-19-5-3-2-4-6-19/h2-8,10-13,15-16,22,28H,9,14H2,1H3. The van der Waals surface area contributed by atoms with E-state index in [0.717, 1.165) is 17.1 Å². The Morgan fingerprint density at radius 2 is 1.72 bits per heavy atom. The molecule has 32 heavy (non-hydrogen) atoms. The number of aryl methyl sites for hydroxylation is 1. The molecule has 0 bridgehead atoms. The molecule has 1 N–H and O–H groups in total. The topological polar surface area (TPSA) is 94.7 Å². The third-order valence-electron chi connectivity index (χ3n) is 4.85. The van der Waals surface area contributed by atoms with Crippen molar-refractivity contribution in [2.75, 3.05) is 7.11 Å². The molecule has 7 heteroatoms. The number of carbonyl (C=O) groups is 1. The minimum Gasteiger partial charge on any atom is -0.465 e. The summed E-state index contributed by atoms with van der Waals surface area (Å²) in [6, 6.07) is 20.6. The summed E-state index contributed by atoms with van der Waals surface area (Å²) >= 11 is 0. The van der Waals surface area contributed by atoms with Gasteiger partial charge in [-0.15, -0.1) is 0 Å². The van der Waals surface area contributed by atoms with Crippen molar-refractivity contribution in [1.82, 2.24) is 9.97 Å². The van der Waals surface area contributed by atoms with Crippen LogP contribution in [0.4, 0.5) is 0 Å². The van der Waals surface area contributed by atoms with Crippen LogP contribution in [0.5, 0.6) is 11.5 Å². The van der Waals surface area contributed by atoms with Gasteiger partial charge in [-0.2, -0.15) is 0 Å². The second-order valence-electron chi connectivity index (χ2n) is 7.10. The molecule has 0 aliphatic rings. The average Bonchev–Trinajstić information content (AvgIpc) is 3.34. The monoisotopic (exact) mass is 430 g/mol. The Morgan fingerprint density at radius 1 is 0.969 bits per heavy atom. The zero-order chi connectivity index (χ0) is 22.3. The van der Waals surface area contributed by atoms with Gasteiger partial charge in [-0.1, -0.05) is 30.3 Å². The first-order valence-electron chi connectivity index (χ1n) is 10.1. The van der Waals surface area contributed by atoms with Crippen LogP contribution in [-0.4, -0.2) is 28.2 Å². The van der Waals surface area contributed by atoms with Crippen LogP contribution in [0, 0.1) is 0 Å². The van der Waals surface area contributed by atoms with Crippen LogP contribution >= 0.6 is 0 Å². The Hall–Kier alpha value is -3.97. The second-order valence-corrected chi connectivity index (χ2v) is 7.10. The summed E-state index contributed by atoms with van der Waals surface area (Å²) in [4.78, 5) is 19.9. The number of benzene rings is 2. The van der Waals surface area contributed by atoms with Crippen LogP contribution < -0.4 is 4.74 Å². The van der Waals surface area contributed by atoms with Crippen molar-refractivity contribution in [1.29, 1.82) is 0 Å². The Morgan fingerprint density at radius 3 is 2.41 bits per heavy atom. The van der Waals surface area contributed by atoms with Crippen molar-refractivity contribution in [3.63, 3.8) is 0 Å². The van der Waals surface area contributed by atoms with Crippen LogP contribution in [0.1, 0.15) is 34.3 Å². The zero-order valence-corrected chi connectivity index (χ0v) is 17.5. The molecule has 4 rings (SSSR count). The second kappa shape index (κ2) is 9.89. The maximum absolute atomic E-state index is 11.5. The molecule has 2 aromatic carbocycles. The van der Waals surface area contributed by atoms with E-state index in [2.05, 4.69) is 14.7 Å². The molecule has 7 nitrogen and oxygen atoms in total. The Labute approximate surface area is 185 Å². The van der Waals surface area contributed by atoms with E-state index in [1.165, 1.54) is 19.5 Å². The zero-order valence-electron chi connectivity index (χ0n) is 17.5. The number of rotatable bonds is 8. The molecular formula is C25H22N2O5. The average molecular weight is 430 g/mol. The number of aliphatic hydroxyl groups excluding tert-OH is 1. The van der Waals surface area contributed by atoms with Crippen LogP contribution in [-0.2, 0) is 11.2 Å². The fraction of sp³-hybridized carbons (Fsp3) is 0.160. The highest BCUT2D eigenvalue weighted by Gasteiger charge is 2.16. The van der Waals surface area contributed by atoms with Crippen molar-refractivity contribution >= 4 is 5.97 Å². The summed E-state index contributed by atoms with van der Waals surface area (Å²) < 4.78 is 16.1. The van der Waals surface area contributed by atoms with Gasteiger partial charge in [0.05, 0.1) is 18.9 Å². The lowest BCUT2D eigenvalue weighted by atomic mass is 10.1. The number of nitrogens with zero attached hydrogens (tertiary/aromatic N) is 2. The molecule has 1 unspecified atom stereocenters. The largest absolute Gasteiger partial charge is 0.465 e. The van der Waals surface area contributed by atoms with Gasteiger partial charge in [0.2, 0.25) is 5.89 Å². The molecule has 0 spiro atoms. The number of carbonyl (C=O) groups excluding carboxylic acids is 1. The van der Waals surface area contributed by atoms with E-state index in [1.807, 2.05) is 54.6 Å². The van der Waals surface area contributed by atoms with E-state index in [1.54, 1.807) is 12.1 Å². The van der Waals surface area contributed by atoms with Crippen molar-refractivity contribution in [2.24, 2.45) is 0 Å². The number of aromatic nitrogens is 2. The van der Waals surface area contributed by atoms with Gasteiger partial charge in [0.15, 0.2) is 5.76 Å². The lowest BCUT2D eigenvalue weighted by Gasteiger charge is -2.08. The van der Waals surface area contributed by atoms with Gasteiger partial charge < -0.3 is 19.0 Å². The first-order chi connectivity index (χ1) is 15.6. The van der Waals surface area contributed by atoms with Crippen LogP contribution in [0.25, 0.3) is 11.5 Å². The summed E-state index contributed by atoms with van der Waals surface area (Å²) in [5.74, 6) is 1.71. The molecule has 2 heterocycles. The maximum Gasteiger partial charge on any atom is 0.339 e. The molecule has 4 aromatic rings. The molecular weight excluding hydrogens is 408 g/mol. The van der Waals surface area contributed by atoms with E-state index >= 15 is 0 Å². The maximum atomic E-state index is 11.5. The first kappa shape index (κ1) is 21.3. The highest BCUT2D eigenvalue weighted by Crippen LogP contribution is 2.26. The molecule has 162 valence electrons. The number of para-hydroxylation sites is 1. The van der Waals surface area contributed by atoms with Crippen LogP contribution in [0.2, 0.25) is 0 Å². The third-order valence-corrected chi connectivity index (χ3v) is 4.85. The molecule has 0 amide bonds. The molecule has 0 radical (unpaired) electrons. The van der Waals surface area contributed by atoms with E-state index in [0.29, 0.717) is 29.9 Å². The van der Waals surface area contributed by atoms with E-state index < -0.39 is 12.1 Å². The van der Waals surface area contributed by atoms with Gasteiger partial charge >= 0.3 is 5.97 Å². The highest BCUT2D eigenvalue weighted by molar-refractivity contribution is 5.89. The molecule has 0 fully saturated rings. The van der Waals surface area contributed by atoms with Gasteiger partial charge in [0, 0.05) is 6.20 Å². The van der Waals surface area contributed by atoms with Gasteiger partial charge in [0.25, 0.3) is 0 Å². The van der Waals surface area contributed by atoms with Crippen molar-refractivity contribution < 1.29 is 23.8 Å². The number of oxazole rings is 1. The first-order valence-corrected chi connectivity index (χ1v) is 10.1. The fourth-order valence-corrected chi connectivity index (χ4v) is 3.11. The van der Waals surface area contributed by atoms with E-state index in [9.17, 15) is 9.90 Å². The summed E-state index contributed by atoms with van der Waals surface area (Å²) in [6.07, 6.45) is 3.17. The smallest absolute Gasteiger partial charge is 0.339 e. The third kappa shape index (κ3) is 5.19. The quantitative estimate of drug-likeness (QED) is 0.394. The Balaban J connectivity index is 1.33. The number of hydrogen-bond donors (Lipinski definition) is 1. The SMILES string of the molecule is COC(=O)c1ccc(-c2cnc(C(O)CCc3ccc(Oc4ccccc4)cc3)o2)nc1. The van der Waals surface area contributed by atoms with Crippen molar-refractivity contribution in [3.8, 4) is 23.0 Å². The summed E-state index contributed by atoms with van der Waals surface area (Å²) in [7, 11) is 1.31. The predicted octanol–water partition coefficient (Wildman–Crippen LogP) is 4.98. The Kier molecular flexibility index (Phi) is 6.57. The molecule has 0 saturated heterocycles. The lowest BCUT2D eigenvalue weighted by molar-refractivity contribution is 0.0600. The molecule has 0 aliphatic heterocycles. The van der Waals surface area contributed by atoms with E-state index in [-0.39, 0.29) is 5.89 Å². The molecule has 1 atom stereocenters. The molecule has 0 saturated carbocycles. The molecule has 2 aromatic heterocycles. The number of pyridine rings is 1. The van der Waals surface area contributed by atoms with E-state index in [4.69, 9.17) is 9.15 Å². The minimum absolute atomic E-state index is 0.225. The predicted molar refractivity (Wildman–Crippen MR) is 117 cm³/mol. The summed E-state index contributed by atoms with van der Waals surface area (Å²) in [6.45, 7) is 0. The van der Waals surface area contributed by atoms with Gasteiger partial charge in [-0.3, -0.25) is 4.98 Å². The normalized spacial score (nSPS) is 11.7. The van der Waals surface area contributed by atoms with Crippen molar-refractivity contribution in [2.45, 2.75) is 18.9 Å². The highest BCUT2D eigenvalue weighted by atomic mass is 16.5. The number of aliphatic hydroxyl groups is 1. The number of ether oxygens (including phenoxy) is 2. The summed E-state index contributed by atoms with van der Waals surface area (Å²) in [5.41, 5.74) is 1.92. The lowest BCUT2D eigenvalue weighted by Crippen LogP contribution is -2.01. The summed E-state index contributed by atoms with van der Waals surface area (Å²) in [5, 5.41) is 10.5. The number of hydrogen-bond acceptors (Lipinski definition) is 7. The number of esters is 1. The minimum atomic E-state index is -0.849. The van der Waals surface area contributed by atoms with Gasteiger partial charge in [-0.25, -0.2) is 9.78 Å². The van der Waals surface area contributed by atoms with Crippen LogP contribution in [0.15, 0.2) is 83.5 Å². The van der Waals surface area contributed by atoms with Gasteiger partial charge in [0.1, 0.15) is 23.3 Å². The number of methoxy groups -OCH3 is 1. The van der Waals surface area contributed by atoms with Gasteiger partial charge in [-0.05, 0) is 54.8 Å². The fourth-order valence-electron chi connectivity index (χ4n) is 3.11. The Bertz CT molecular complexity index is 1160. The van der Waals surface area contributed by atoms with Crippen LogP contribution in [0.3, 0.4) is 0 Å². The molecule has 0 aliphatic carbocycles.